The van der Waals surface area contributed by atoms with Crippen LogP contribution >= 0.6 is 0 Å². The molecule has 1 aromatic heterocycles. The van der Waals surface area contributed by atoms with Crippen molar-refractivity contribution in [1.82, 2.24) is 9.55 Å². The molecule has 0 unspecified atom stereocenters. The Bertz CT molecular complexity index is 339. The van der Waals surface area contributed by atoms with Gasteiger partial charge in [-0.3, -0.25) is 0 Å². The zero-order chi connectivity index (χ0) is 11.0. The fourth-order valence-corrected chi connectivity index (χ4v) is 2.33. The molecule has 0 saturated heterocycles. The van der Waals surface area contributed by atoms with Crippen LogP contribution in [0.5, 0.6) is 0 Å². The summed E-state index contributed by atoms with van der Waals surface area (Å²) < 4.78 is 2.31. The first-order valence-electron chi connectivity index (χ1n) is 5.93. The molecule has 1 aliphatic heterocycles. The Kier molecular flexibility index (Phi) is 2.72. The van der Waals surface area contributed by atoms with Crippen LogP contribution in [-0.2, 0) is 6.42 Å². The van der Waals surface area contributed by atoms with E-state index in [0.717, 1.165) is 6.54 Å². The Balaban J connectivity index is 2.38. The van der Waals surface area contributed by atoms with E-state index in [-0.39, 0.29) is 0 Å². The van der Waals surface area contributed by atoms with Crippen LogP contribution in [-0.4, -0.2) is 22.1 Å². The van der Waals surface area contributed by atoms with Gasteiger partial charge in [-0.25, -0.2) is 4.98 Å². The second kappa shape index (κ2) is 3.87. The van der Waals surface area contributed by atoms with Crippen LogP contribution in [0.25, 0.3) is 0 Å². The Morgan fingerprint density at radius 2 is 1.93 bits per heavy atom. The van der Waals surface area contributed by atoms with E-state index in [9.17, 15) is 0 Å². The molecule has 3 heteroatoms. The van der Waals surface area contributed by atoms with Crippen molar-refractivity contribution in [3.05, 3.63) is 12.0 Å². The quantitative estimate of drug-likeness (QED) is 0.743. The first kappa shape index (κ1) is 10.5. The maximum Gasteiger partial charge on any atom is 0.150 e. The van der Waals surface area contributed by atoms with Crippen LogP contribution in [0.4, 0.5) is 5.82 Å². The van der Waals surface area contributed by atoms with E-state index < -0.39 is 0 Å². The van der Waals surface area contributed by atoms with Gasteiger partial charge in [0.1, 0.15) is 5.82 Å². The number of aromatic nitrogens is 2. The molecule has 15 heavy (non-hydrogen) atoms. The lowest BCUT2D eigenvalue weighted by Gasteiger charge is -2.32. The lowest BCUT2D eigenvalue weighted by atomic mass is 10.1. The first-order chi connectivity index (χ1) is 7.11. The van der Waals surface area contributed by atoms with Crippen LogP contribution in [0.1, 0.15) is 45.9 Å². The van der Waals surface area contributed by atoms with Crippen molar-refractivity contribution in [1.29, 1.82) is 0 Å². The lowest BCUT2D eigenvalue weighted by Crippen LogP contribution is -2.36. The summed E-state index contributed by atoms with van der Waals surface area (Å²) in [6, 6.07) is 1.08. The van der Waals surface area contributed by atoms with Crippen molar-refractivity contribution in [2.75, 3.05) is 11.4 Å². The summed E-state index contributed by atoms with van der Waals surface area (Å²) in [6.07, 6.45) is 4.43. The summed E-state index contributed by atoms with van der Waals surface area (Å²) in [5.74, 6) is 1.21. The molecular weight excluding hydrogens is 186 g/mol. The zero-order valence-corrected chi connectivity index (χ0v) is 10.2. The average Bonchev–Trinajstić information content (AvgIpc) is 2.59. The molecule has 84 valence electrons. The standard InChI is InChI=1S/C12H21N3/c1-9(2)14-7-5-6-11-12(14)13-8-15(11)10(3)4/h8-10H,5-7H2,1-4H3. The van der Waals surface area contributed by atoms with Crippen molar-refractivity contribution < 1.29 is 0 Å². The molecule has 2 heterocycles. The number of hydrogen-bond acceptors (Lipinski definition) is 2. The van der Waals surface area contributed by atoms with Crippen molar-refractivity contribution in [2.24, 2.45) is 0 Å². The number of fused-ring (bicyclic) bond motifs is 1. The predicted octanol–water partition coefficient (Wildman–Crippen LogP) is 2.63. The van der Waals surface area contributed by atoms with Crippen molar-refractivity contribution >= 4 is 5.82 Å². The highest BCUT2D eigenvalue weighted by Crippen LogP contribution is 2.28. The lowest BCUT2D eigenvalue weighted by molar-refractivity contribution is 0.546. The smallest absolute Gasteiger partial charge is 0.150 e. The Labute approximate surface area is 92.1 Å². The van der Waals surface area contributed by atoms with E-state index in [4.69, 9.17) is 0 Å². The summed E-state index contributed by atoms with van der Waals surface area (Å²) in [6.45, 7) is 10.1. The van der Waals surface area contributed by atoms with Gasteiger partial charge in [-0.05, 0) is 40.5 Å². The average molecular weight is 207 g/mol. The van der Waals surface area contributed by atoms with Crippen molar-refractivity contribution in [3.8, 4) is 0 Å². The van der Waals surface area contributed by atoms with E-state index in [1.54, 1.807) is 0 Å². The molecule has 0 saturated carbocycles. The Morgan fingerprint density at radius 3 is 2.53 bits per heavy atom. The van der Waals surface area contributed by atoms with Crippen molar-refractivity contribution in [3.63, 3.8) is 0 Å². The topological polar surface area (TPSA) is 21.1 Å². The number of imidazole rings is 1. The molecule has 0 aromatic carbocycles. The van der Waals surface area contributed by atoms with Crippen LogP contribution < -0.4 is 4.90 Å². The monoisotopic (exact) mass is 207 g/mol. The van der Waals surface area contributed by atoms with E-state index in [1.807, 2.05) is 6.33 Å². The largest absolute Gasteiger partial charge is 0.353 e. The summed E-state index contributed by atoms with van der Waals surface area (Å²) in [4.78, 5) is 6.98. The maximum atomic E-state index is 4.57. The third-order valence-electron chi connectivity index (χ3n) is 3.14. The van der Waals surface area contributed by atoms with Gasteiger partial charge in [-0.2, -0.15) is 0 Å². The fraction of sp³-hybridized carbons (Fsp3) is 0.750. The van der Waals surface area contributed by atoms with Gasteiger partial charge in [0.2, 0.25) is 0 Å². The molecule has 0 bridgehead atoms. The molecule has 0 N–H and O–H groups in total. The predicted molar refractivity (Wildman–Crippen MR) is 63.4 cm³/mol. The molecule has 1 aliphatic rings. The molecule has 0 radical (unpaired) electrons. The molecule has 0 amide bonds. The SMILES string of the molecule is CC(C)N1CCCc2c1ncn2C(C)C. The van der Waals surface area contributed by atoms with E-state index in [0.29, 0.717) is 12.1 Å². The van der Waals surface area contributed by atoms with Crippen LogP contribution in [0, 0.1) is 0 Å². The number of hydrogen-bond donors (Lipinski definition) is 0. The fourth-order valence-electron chi connectivity index (χ4n) is 2.33. The second-order valence-electron chi connectivity index (χ2n) is 4.91. The van der Waals surface area contributed by atoms with E-state index in [1.165, 1.54) is 24.4 Å². The summed E-state index contributed by atoms with van der Waals surface area (Å²) in [5.41, 5.74) is 1.42. The van der Waals surface area contributed by atoms with Crippen LogP contribution in [0.3, 0.4) is 0 Å². The molecule has 1 aromatic rings. The number of rotatable bonds is 2. The van der Waals surface area contributed by atoms with Crippen LogP contribution in [0.15, 0.2) is 6.33 Å². The highest BCUT2D eigenvalue weighted by Gasteiger charge is 2.24. The van der Waals surface area contributed by atoms with Gasteiger partial charge in [0.05, 0.1) is 12.0 Å². The van der Waals surface area contributed by atoms with Gasteiger partial charge >= 0.3 is 0 Å². The third-order valence-corrected chi connectivity index (χ3v) is 3.14. The second-order valence-corrected chi connectivity index (χ2v) is 4.91. The summed E-state index contributed by atoms with van der Waals surface area (Å²) in [5, 5.41) is 0. The third kappa shape index (κ3) is 1.75. The zero-order valence-electron chi connectivity index (χ0n) is 10.2. The molecule has 0 atom stereocenters. The molecule has 3 nitrogen and oxygen atoms in total. The minimum absolute atomic E-state index is 0.522. The molecule has 2 rings (SSSR count). The van der Waals surface area contributed by atoms with E-state index in [2.05, 4.69) is 42.1 Å². The Morgan fingerprint density at radius 1 is 1.20 bits per heavy atom. The normalized spacial score (nSPS) is 16.3. The highest BCUT2D eigenvalue weighted by molar-refractivity contribution is 5.47. The van der Waals surface area contributed by atoms with Gasteiger partial charge in [0.25, 0.3) is 0 Å². The molecule has 0 aliphatic carbocycles. The maximum absolute atomic E-state index is 4.57. The van der Waals surface area contributed by atoms with Gasteiger partial charge in [0, 0.05) is 18.6 Å². The minimum Gasteiger partial charge on any atom is -0.353 e. The van der Waals surface area contributed by atoms with Gasteiger partial charge in [-0.15, -0.1) is 0 Å². The van der Waals surface area contributed by atoms with Gasteiger partial charge in [0.15, 0.2) is 0 Å². The number of anilines is 1. The van der Waals surface area contributed by atoms with Crippen LogP contribution in [0.2, 0.25) is 0 Å². The summed E-state index contributed by atoms with van der Waals surface area (Å²) in [7, 11) is 0. The van der Waals surface area contributed by atoms with Gasteiger partial charge in [-0.1, -0.05) is 0 Å². The van der Waals surface area contributed by atoms with Crippen molar-refractivity contribution in [2.45, 2.75) is 52.6 Å². The Hall–Kier alpha value is -0.990. The molecule has 0 spiro atoms. The molecule has 0 fully saturated rings. The van der Waals surface area contributed by atoms with Gasteiger partial charge < -0.3 is 9.47 Å². The highest BCUT2D eigenvalue weighted by atomic mass is 15.3. The molecular formula is C12H21N3. The first-order valence-corrected chi connectivity index (χ1v) is 5.93. The number of nitrogens with zero attached hydrogens (tertiary/aromatic N) is 3. The minimum atomic E-state index is 0.522. The summed E-state index contributed by atoms with van der Waals surface area (Å²) >= 11 is 0. The van der Waals surface area contributed by atoms with E-state index >= 15 is 0 Å².